The van der Waals surface area contributed by atoms with Gasteiger partial charge in [-0.15, -0.1) is 0 Å². The maximum atomic E-state index is 13.4. The number of hydrogen-bond acceptors (Lipinski definition) is 3. The molecule has 0 bridgehead atoms. The van der Waals surface area contributed by atoms with Crippen molar-refractivity contribution in [2.24, 2.45) is 11.1 Å². The average molecular weight is 366 g/mol. The summed E-state index contributed by atoms with van der Waals surface area (Å²) in [7, 11) is 0. The number of nitrogens with one attached hydrogen (secondary N) is 1. The van der Waals surface area contributed by atoms with Gasteiger partial charge in [-0.1, -0.05) is 56.3 Å². The molecule has 144 valence electrons. The molecule has 1 saturated heterocycles. The van der Waals surface area contributed by atoms with Crippen molar-refractivity contribution in [3.63, 3.8) is 0 Å². The molecule has 0 saturated carbocycles. The summed E-state index contributed by atoms with van der Waals surface area (Å²) >= 11 is 0. The van der Waals surface area contributed by atoms with Crippen molar-refractivity contribution in [2.45, 2.75) is 46.2 Å². The summed E-state index contributed by atoms with van der Waals surface area (Å²) < 4.78 is 0. The second-order valence-electron chi connectivity index (χ2n) is 8.48. The molecule has 3 rings (SSSR count). The highest BCUT2D eigenvalue weighted by Crippen LogP contribution is 2.34. The first-order chi connectivity index (χ1) is 12.8. The summed E-state index contributed by atoms with van der Waals surface area (Å²) in [6.07, 6.45) is 0.896. The van der Waals surface area contributed by atoms with E-state index in [1.54, 1.807) is 0 Å². The molecule has 27 heavy (non-hydrogen) atoms. The number of nitrogens with zero attached hydrogens (tertiary/aromatic N) is 1. The molecule has 2 unspecified atom stereocenters. The van der Waals surface area contributed by atoms with E-state index >= 15 is 0 Å². The van der Waals surface area contributed by atoms with E-state index < -0.39 is 0 Å². The first kappa shape index (κ1) is 19.6. The lowest BCUT2D eigenvalue weighted by Gasteiger charge is -2.45. The van der Waals surface area contributed by atoms with Gasteiger partial charge in [0.2, 0.25) is 5.91 Å². The molecule has 1 fully saturated rings. The van der Waals surface area contributed by atoms with Crippen LogP contribution in [0.2, 0.25) is 0 Å². The van der Waals surface area contributed by atoms with Crippen molar-refractivity contribution < 1.29 is 4.79 Å². The van der Waals surface area contributed by atoms with Gasteiger partial charge in [0.1, 0.15) is 6.04 Å². The third-order valence-electron chi connectivity index (χ3n) is 5.72. The number of carbonyl (C=O) groups excluding carboxylic acids is 1. The van der Waals surface area contributed by atoms with Gasteiger partial charge in [-0.05, 0) is 48.4 Å². The van der Waals surface area contributed by atoms with E-state index in [1.807, 2.05) is 56.3 Å². The molecule has 1 aliphatic rings. The van der Waals surface area contributed by atoms with Crippen molar-refractivity contribution in [2.75, 3.05) is 18.4 Å². The van der Waals surface area contributed by atoms with Crippen molar-refractivity contribution in [1.82, 2.24) is 4.90 Å². The molecule has 2 atom stereocenters. The second kappa shape index (κ2) is 7.83. The third kappa shape index (κ3) is 4.40. The molecule has 1 aliphatic heterocycles. The Hall–Kier alpha value is -2.17. The molecule has 3 N–H and O–H groups in total. The van der Waals surface area contributed by atoms with Crippen molar-refractivity contribution >= 4 is 11.6 Å². The fraction of sp³-hybridized carbons (Fsp3) is 0.435. The third-order valence-corrected chi connectivity index (χ3v) is 5.72. The van der Waals surface area contributed by atoms with Crippen LogP contribution in [0.15, 0.2) is 48.5 Å². The topological polar surface area (TPSA) is 58.4 Å². The molecule has 0 aromatic heterocycles. The molecule has 4 nitrogen and oxygen atoms in total. The van der Waals surface area contributed by atoms with Crippen LogP contribution in [0.1, 0.15) is 43.0 Å². The number of piperidine rings is 1. The van der Waals surface area contributed by atoms with Crippen LogP contribution in [0.25, 0.3) is 0 Å². The molecule has 0 spiro atoms. The molecular formula is C23H31N3O. The van der Waals surface area contributed by atoms with Gasteiger partial charge in [0.25, 0.3) is 0 Å². The van der Waals surface area contributed by atoms with Gasteiger partial charge < -0.3 is 11.1 Å². The van der Waals surface area contributed by atoms with E-state index in [-0.39, 0.29) is 23.4 Å². The highest BCUT2D eigenvalue weighted by molar-refractivity contribution is 5.96. The van der Waals surface area contributed by atoms with Crippen molar-refractivity contribution in [3.8, 4) is 0 Å². The molecule has 4 heteroatoms. The van der Waals surface area contributed by atoms with Crippen LogP contribution in [-0.2, 0) is 4.79 Å². The number of anilines is 1. The maximum Gasteiger partial charge on any atom is 0.246 e. The summed E-state index contributed by atoms with van der Waals surface area (Å²) in [5, 5.41) is 3.17. The number of aryl methyl sites for hydroxylation is 2. The van der Waals surface area contributed by atoms with Crippen LogP contribution in [0.5, 0.6) is 0 Å². The highest BCUT2D eigenvalue weighted by Gasteiger charge is 2.38. The van der Waals surface area contributed by atoms with E-state index in [2.05, 4.69) is 30.1 Å². The lowest BCUT2D eigenvalue weighted by atomic mass is 9.79. The zero-order valence-corrected chi connectivity index (χ0v) is 16.8. The first-order valence-electron chi connectivity index (χ1n) is 9.70. The van der Waals surface area contributed by atoms with Gasteiger partial charge in [0.15, 0.2) is 0 Å². The number of nitrogens with two attached hydrogens (primary N) is 1. The number of carbonyl (C=O) groups is 1. The van der Waals surface area contributed by atoms with Crippen LogP contribution in [0.3, 0.4) is 0 Å². The lowest BCUT2D eigenvalue weighted by Crippen LogP contribution is -2.54. The Bertz CT molecular complexity index is 801. The summed E-state index contributed by atoms with van der Waals surface area (Å²) in [5.74, 6) is 0.0150. The molecule has 2 aromatic carbocycles. The number of amides is 1. The number of rotatable bonds is 4. The lowest BCUT2D eigenvalue weighted by molar-refractivity contribution is -0.123. The van der Waals surface area contributed by atoms with Gasteiger partial charge >= 0.3 is 0 Å². The average Bonchev–Trinajstić information content (AvgIpc) is 2.62. The van der Waals surface area contributed by atoms with Crippen molar-refractivity contribution in [3.05, 3.63) is 65.2 Å². The Morgan fingerprint density at radius 3 is 2.56 bits per heavy atom. The Kier molecular flexibility index (Phi) is 5.68. The Balaban J connectivity index is 1.91. The largest absolute Gasteiger partial charge is 0.327 e. The van der Waals surface area contributed by atoms with Crippen LogP contribution < -0.4 is 11.1 Å². The number of likely N-dealkylation sites (tertiary alicyclic amines) is 1. The Morgan fingerprint density at radius 2 is 1.89 bits per heavy atom. The summed E-state index contributed by atoms with van der Waals surface area (Å²) in [6, 6.07) is 16.0. The minimum atomic E-state index is -0.321. The second-order valence-corrected chi connectivity index (χ2v) is 8.48. The molecule has 1 amide bonds. The van der Waals surface area contributed by atoms with E-state index in [9.17, 15) is 4.79 Å². The minimum absolute atomic E-state index is 0.0150. The number of hydrogen-bond donors (Lipinski definition) is 2. The van der Waals surface area contributed by atoms with Crippen LogP contribution in [-0.4, -0.2) is 29.9 Å². The zero-order chi connectivity index (χ0) is 19.6. The smallest absolute Gasteiger partial charge is 0.246 e. The fourth-order valence-corrected chi connectivity index (χ4v) is 3.87. The highest BCUT2D eigenvalue weighted by atomic mass is 16.2. The van der Waals surface area contributed by atoms with Gasteiger partial charge in [-0.2, -0.15) is 0 Å². The normalized spacial score (nSPS) is 20.9. The molecule has 2 aromatic rings. The van der Waals surface area contributed by atoms with Crippen LogP contribution in [0, 0.1) is 19.3 Å². The van der Waals surface area contributed by atoms with Crippen molar-refractivity contribution in [1.29, 1.82) is 0 Å². The number of benzene rings is 2. The first-order valence-corrected chi connectivity index (χ1v) is 9.70. The Morgan fingerprint density at radius 1 is 1.19 bits per heavy atom. The van der Waals surface area contributed by atoms with Crippen LogP contribution >= 0.6 is 0 Å². The maximum absolute atomic E-state index is 13.4. The van der Waals surface area contributed by atoms with E-state index in [0.717, 1.165) is 41.9 Å². The summed E-state index contributed by atoms with van der Waals surface area (Å²) in [6.45, 7) is 10.1. The van der Waals surface area contributed by atoms with Gasteiger partial charge in [0, 0.05) is 24.8 Å². The molecule has 0 radical (unpaired) electrons. The quantitative estimate of drug-likeness (QED) is 0.860. The summed E-state index contributed by atoms with van der Waals surface area (Å²) in [4.78, 5) is 15.7. The monoisotopic (exact) mass is 365 g/mol. The standard InChI is InChI=1S/C23H31N3O/c1-16-10-11-17(2)19(14-16)25-22(27)21(18-8-6-5-7-9-18)26-13-12-20(24)23(3,4)15-26/h5-11,14,20-21H,12-13,15,24H2,1-4H3,(H,25,27). The van der Waals surface area contributed by atoms with E-state index in [0.29, 0.717) is 0 Å². The predicted molar refractivity (Wildman–Crippen MR) is 112 cm³/mol. The van der Waals surface area contributed by atoms with E-state index in [4.69, 9.17) is 5.73 Å². The van der Waals surface area contributed by atoms with E-state index in [1.165, 1.54) is 0 Å². The van der Waals surface area contributed by atoms with Gasteiger partial charge in [-0.25, -0.2) is 0 Å². The van der Waals surface area contributed by atoms with Crippen LogP contribution in [0.4, 0.5) is 5.69 Å². The fourth-order valence-electron chi connectivity index (χ4n) is 3.87. The zero-order valence-electron chi connectivity index (χ0n) is 16.8. The SMILES string of the molecule is Cc1ccc(C)c(NC(=O)C(c2ccccc2)N2CCC(N)C(C)(C)C2)c1. The van der Waals surface area contributed by atoms with Gasteiger partial charge in [0.05, 0.1) is 0 Å². The molecule has 1 heterocycles. The molecule has 0 aliphatic carbocycles. The Labute approximate surface area is 162 Å². The molecular weight excluding hydrogens is 334 g/mol. The minimum Gasteiger partial charge on any atom is -0.327 e. The summed E-state index contributed by atoms with van der Waals surface area (Å²) in [5.41, 5.74) is 10.4. The predicted octanol–water partition coefficient (Wildman–Crippen LogP) is 4.04. The van der Waals surface area contributed by atoms with Gasteiger partial charge in [-0.3, -0.25) is 9.69 Å².